The van der Waals surface area contributed by atoms with Crippen molar-refractivity contribution in [3.05, 3.63) is 24.3 Å². The van der Waals surface area contributed by atoms with Crippen LogP contribution in [-0.4, -0.2) is 25.5 Å². The molecule has 3 N–H and O–H groups in total. The third kappa shape index (κ3) is 4.40. The van der Waals surface area contributed by atoms with Crippen molar-refractivity contribution in [2.75, 3.05) is 17.2 Å². The summed E-state index contributed by atoms with van der Waals surface area (Å²) in [6, 6.07) is 7.52. The molecule has 4 nitrogen and oxygen atoms in total. The van der Waals surface area contributed by atoms with Crippen LogP contribution < -0.4 is 10.5 Å². The molecule has 2 rings (SSSR count). The van der Waals surface area contributed by atoms with E-state index in [0.29, 0.717) is 11.4 Å². The number of para-hydroxylation sites is 1. The van der Waals surface area contributed by atoms with Crippen LogP contribution in [0.25, 0.3) is 0 Å². The van der Waals surface area contributed by atoms with E-state index in [2.05, 4.69) is 4.72 Å². The Morgan fingerprint density at radius 3 is 2.60 bits per heavy atom. The van der Waals surface area contributed by atoms with Crippen LogP contribution in [0.5, 0.6) is 0 Å². The van der Waals surface area contributed by atoms with E-state index in [0.717, 1.165) is 30.6 Å². The maximum atomic E-state index is 12.1. The number of hydrogen-bond donors (Lipinski definition) is 2. The molecular weight excluding hydrogens is 292 g/mol. The molecule has 0 bridgehead atoms. The van der Waals surface area contributed by atoms with Gasteiger partial charge in [-0.05, 0) is 31.9 Å². The quantitative estimate of drug-likeness (QED) is 0.625. The number of nitrogens with two attached hydrogens (primary N) is 1. The lowest BCUT2D eigenvalue weighted by molar-refractivity contribution is 0.428. The Morgan fingerprint density at radius 1 is 1.30 bits per heavy atom. The smallest absolute Gasteiger partial charge is 0.212 e. The third-order valence-corrected chi connectivity index (χ3v) is 6.53. The highest BCUT2D eigenvalue weighted by atomic mass is 32.2. The van der Waals surface area contributed by atoms with Gasteiger partial charge in [0.15, 0.2) is 0 Å². The number of hydrogen-bond acceptors (Lipinski definition) is 4. The normalized spacial score (nSPS) is 18.2. The number of benzene rings is 1. The van der Waals surface area contributed by atoms with Gasteiger partial charge in [0.1, 0.15) is 0 Å². The van der Waals surface area contributed by atoms with Gasteiger partial charge >= 0.3 is 0 Å². The molecule has 1 aliphatic carbocycles. The topological polar surface area (TPSA) is 72.2 Å². The van der Waals surface area contributed by atoms with Crippen LogP contribution in [0.3, 0.4) is 0 Å². The van der Waals surface area contributed by atoms with Gasteiger partial charge in [-0.15, -0.1) is 11.8 Å². The zero-order valence-electron chi connectivity index (χ0n) is 11.8. The van der Waals surface area contributed by atoms with E-state index in [-0.39, 0.29) is 11.3 Å². The molecular formula is C14H22N2O2S2. The van der Waals surface area contributed by atoms with E-state index >= 15 is 0 Å². The Morgan fingerprint density at radius 2 is 1.95 bits per heavy atom. The molecule has 112 valence electrons. The summed E-state index contributed by atoms with van der Waals surface area (Å²) in [6.45, 7) is 2.00. The minimum atomic E-state index is -3.22. The van der Waals surface area contributed by atoms with Gasteiger partial charge in [0.05, 0.1) is 5.75 Å². The lowest BCUT2D eigenvalue weighted by atomic mass is 10.0. The monoisotopic (exact) mass is 314 g/mol. The molecule has 1 fully saturated rings. The standard InChI is InChI=1S/C14H22N2O2S2/c1-14(8-4-5-9-14)16-20(17,18)11-10-19-13-7-3-2-6-12(13)15/h2-3,6-7,16H,4-5,8-11,15H2,1H3. The summed E-state index contributed by atoms with van der Waals surface area (Å²) in [4.78, 5) is 0.940. The van der Waals surface area contributed by atoms with Gasteiger partial charge in [-0.2, -0.15) is 0 Å². The fourth-order valence-electron chi connectivity index (χ4n) is 2.56. The summed E-state index contributed by atoms with van der Waals surface area (Å²) >= 11 is 1.49. The van der Waals surface area contributed by atoms with Crippen molar-refractivity contribution < 1.29 is 8.42 Å². The number of rotatable bonds is 6. The Bertz CT molecular complexity index is 552. The molecule has 0 aromatic heterocycles. The first-order valence-corrected chi connectivity index (χ1v) is 9.53. The second-order valence-electron chi connectivity index (χ2n) is 5.57. The molecule has 1 aromatic carbocycles. The first-order chi connectivity index (χ1) is 9.40. The van der Waals surface area contributed by atoms with Gasteiger partial charge in [0.2, 0.25) is 10.0 Å². The third-order valence-electron chi connectivity index (χ3n) is 3.64. The molecule has 0 amide bonds. The second kappa shape index (κ2) is 6.37. The maximum Gasteiger partial charge on any atom is 0.212 e. The SMILES string of the molecule is CC1(NS(=O)(=O)CCSc2ccccc2N)CCCC1. The van der Waals surface area contributed by atoms with E-state index < -0.39 is 10.0 Å². The summed E-state index contributed by atoms with van der Waals surface area (Å²) < 4.78 is 27.1. The lowest BCUT2D eigenvalue weighted by Crippen LogP contribution is -2.44. The molecule has 0 unspecified atom stereocenters. The summed E-state index contributed by atoms with van der Waals surface area (Å²) in [6.07, 6.45) is 4.08. The van der Waals surface area contributed by atoms with Gasteiger partial charge in [-0.3, -0.25) is 0 Å². The average Bonchev–Trinajstić information content (AvgIpc) is 2.77. The average molecular weight is 314 g/mol. The highest BCUT2D eigenvalue weighted by molar-refractivity contribution is 8.00. The zero-order chi connectivity index (χ0) is 14.6. The predicted molar refractivity (Wildman–Crippen MR) is 85.4 cm³/mol. The first kappa shape index (κ1) is 15.7. The molecule has 1 saturated carbocycles. The van der Waals surface area contributed by atoms with E-state index in [4.69, 9.17) is 5.73 Å². The van der Waals surface area contributed by atoms with Gasteiger partial charge in [0, 0.05) is 21.9 Å². The molecule has 20 heavy (non-hydrogen) atoms. The van der Waals surface area contributed by atoms with Crippen LogP contribution in [0.1, 0.15) is 32.6 Å². The molecule has 0 spiro atoms. The molecule has 1 aromatic rings. The van der Waals surface area contributed by atoms with Gasteiger partial charge in [0.25, 0.3) is 0 Å². The van der Waals surface area contributed by atoms with E-state index in [1.54, 1.807) is 0 Å². The fraction of sp³-hybridized carbons (Fsp3) is 0.571. The molecule has 6 heteroatoms. The van der Waals surface area contributed by atoms with Crippen LogP contribution in [0.2, 0.25) is 0 Å². The highest BCUT2D eigenvalue weighted by Gasteiger charge is 2.32. The van der Waals surface area contributed by atoms with Crippen LogP contribution in [0.15, 0.2) is 29.2 Å². The largest absolute Gasteiger partial charge is 0.398 e. The fourth-order valence-corrected chi connectivity index (χ4v) is 5.45. The maximum absolute atomic E-state index is 12.1. The van der Waals surface area contributed by atoms with Crippen molar-refractivity contribution in [3.63, 3.8) is 0 Å². The van der Waals surface area contributed by atoms with Gasteiger partial charge < -0.3 is 5.73 Å². The number of nitrogens with one attached hydrogen (secondary N) is 1. The summed E-state index contributed by atoms with van der Waals surface area (Å²) in [5, 5.41) is 0. The molecule has 0 atom stereocenters. The molecule has 0 saturated heterocycles. The number of nitrogen functional groups attached to an aromatic ring is 1. The lowest BCUT2D eigenvalue weighted by Gasteiger charge is -2.24. The highest BCUT2D eigenvalue weighted by Crippen LogP contribution is 2.30. The molecule has 0 heterocycles. The van der Waals surface area contributed by atoms with Crippen molar-refractivity contribution in [3.8, 4) is 0 Å². The van der Waals surface area contributed by atoms with Crippen LogP contribution >= 0.6 is 11.8 Å². The molecule has 1 aliphatic rings. The molecule has 0 radical (unpaired) electrons. The first-order valence-electron chi connectivity index (χ1n) is 6.89. The van der Waals surface area contributed by atoms with Crippen LogP contribution in [-0.2, 0) is 10.0 Å². The zero-order valence-corrected chi connectivity index (χ0v) is 13.4. The number of thioether (sulfide) groups is 1. The molecule has 0 aliphatic heterocycles. The Hall–Kier alpha value is -0.720. The van der Waals surface area contributed by atoms with E-state index in [1.165, 1.54) is 11.8 Å². The van der Waals surface area contributed by atoms with Crippen molar-refractivity contribution in [1.82, 2.24) is 4.72 Å². The summed E-state index contributed by atoms with van der Waals surface area (Å²) in [5.74, 6) is 0.640. The minimum absolute atomic E-state index is 0.127. The predicted octanol–water partition coefficient (Wildman–Crippen LogP) is 2.61. The van der Waals surface area contributed by atoms with Gasteiger partial charge in [-0.25, -0.2) is 13.1 Å². The van der Waals surface area contributed by atoms with Crippen molar-refractivity contribution in [2.45, 2.75) is 43.0 Å². The number of sulfonamides is 1. The van der Waals surface area contributed by atoms with E-state index in [1.807, 2.05) is 31.2 Å². The summed E-state index contributed by atoms with van der Waals surface area (Å²) in [7, 11) is -3.22. The Kier molecular flexibility index (Phi) is 4.99. The van der Waals surface area contributed by atoms with Gasteiger partial charge in [-0.1, -0.05) is 25.0 Å². The van der Waals surface area contributed by atoms with Crippen molar-refractivity contribution >= 4 is 27.5 Å². The van der Waals surface area contributed by atoms with Crippen molar-refractivity contribution in [2.24, 2.45) is 0 Å². The van der Waals surface area contributed by atoms with Crippen LogP contribution in [0, 0.1) is 0 Å². The Labute approximate surface area is 125 Å². The summed E-state index contributed by atoms with van der Waals surface area (Å²) in [5.41, 5.74) is 6.30. The minimum Gasteiger partial charge on any atom is -0.398 e. The number of anilines is 1. The van der Waals surface area contributed by atoms with Crippen molar-refractivity contribution in [1.29, 1.82) is 0 Å². The Balaban J connectivity index is 1.85. The second-order valence-corrected chi connectivity index (χ2v) is 8.55. The van der Waals surface area contributed by atoms with Crippen LogP contribution in [0.4, 0.5) is 5.69 Å². The van der Waals surface area contributed by atoms with E-state index in [9.17, 15) is 8.42 Å².